The van der Waals surface area contributed by atoms with E-state index in [1.54, 1.807) is 0 Å². The van der Waals surface area contributed by atoms with E-state index in [1.165, 1.54) is 11.9 Å². The second-order valence-corrected chi connectivity index (χ2v) is 8.44. The number of aromatic nitrogens is 2. The summed E-state index contributed by atoms with van der Waals surface area (Å²) >= 11 is 0. The number of aliphatic hydroxyl groups is 1. The highest BCUT2D eigenvalue weighted by Crippen LogP contribution is 2.22. The fourth-order valence-corrected chi connectivity index (χ4v) is 3.95. The van der Waals surface area contributed by atoms with Crippen molar-refractivity contribution >= 4 is 0 Å². The van der Waals surface area contributed by atoms with E-state index in [1.807, 2.05) is 36.4 Å². The van der Waals surface area contributed by atoms with Crippen LogP contribution in [-0.4, -0.2) is 52.6 Å². The summed E-state index contributed by atoms with van der Waals surface area (Å²) in [6.45, 7) is 2.48. The maximum Gasteiger partial charge on any atom is 0.293 e. The lowest BCUT2D eigenvalue weighted by Gasteiger charge is -2.14. The van der Waals surface area contributed by atoms with E-state index in [2.05, 4.69) is 39.3 Å². The predicted octanol–water partition coefficient (Wildman–Crippen LogP) is 2.11. The van der Waals surface area contributed by atoms with Crippen LogP contribution in [0.3, 0.4) is 0 Å². The molecule has 0 amide bonds. The first-order chi connectivity index (χ1) is 16.6. The summed E-state index contributed by atoms with van der Waals surface area (Å²) in [4.78, 5) is 17.9. The zero-order valence-electron chi connectivity index (χ0n) is 19.0. The van der Waals surface area contributed by atoms with Gasteiger partial charge in [0.1, 0.15) is 0 Å². The molecule has 7 nitrogen and oxygen atoms in total. The van der Waals surface area contributed by atoms with Crippen molar-refractivity contribution in [2.75, 3.05) is 26.4 Å². The number of nitrogens with one attached hydrogen (secondary N) is 2. The fourth-order valence-electron chi connectivity index (χ4n) is 3.95. The minimum Gasteiger partial charge on any atom is -0.502 e. The zero-order valence-corrected chi connectivity index (χ0v) is 19.0. The number of aliphatic hydroxyl groups excluding tert-OH is 1. The van der Waals surface area contributed by atoms with Crippen molar-refractivity contribution in [3.63, 3.8) is 0 Å². The lowest BCUT2D eigenvalue weighted by molar-refractivity contribution is 0.190. The molecule has 4 rings (SSSR count). The van der Waals surface area contributed by atoms with Gasteiger partial charge in [-0.3, -0.25) is 4.79 Å². The highest BCUT2D eigenvalue weighted by molar-refractivity contribution is 5.44. The van der Waals surface area contributed by atoms with Crippen LogP contribution in [0.25, 0.3) is 0 Å². The molecular weight excluding hydrogens is 430 g/mol. The van der Waals surface area contributed by atoms with Gasteiger partial charge in [-0.15, -0.1) is 0 Å². The summed E-state index contributed by atoms with van der Waals surface area (Å²) in [6, 6.07) is 16.4. The third-order valence-corrected chi connectivity index (χ3v) is 6.03. The molecule has 3 aromatic rings. The average Bonchev–Trinajstić information content (AvgIpc) is 3.38. The van der Waals surface area contributed by atoms with E-state index in [4.69, 9.17) is 4.74 Å². The number of hydrogen-bond donors (Lipinski definition) is 4. The van der Waals surface area contributed by atoms with Crippen molar-refractivity contribution in [2.24, 2.45) is 0 Å². The molecule has 2 aromatic carbocycles. The molecule has 1 aromatic heterocycles. The van der Waals surface area contributed by atoms with Crippen molar-refractivity contribution < 1.29 is 14.9 Å². The Balaban J connectivity index is 1.33. The lowest BCUT2D eigenvalue weighted by atomic mass is 9.94. The third-order valence-electron chi connectivity index (χ3n) is 6.03. The summed E-state index contributed by atoms with van der Waals surface area (Å²) < 4.78 is 5.38. The van der Waals surface area contributed by atoms with E-state index in [-0.39, 0.29) is 24.6 Å². The van der Waals surface area contributed by atoms with Gasteiger partial charge < -0.3 is 25.3 Å². The molecule has 1 aliphatic rings. The normalized spacial score (nSPS) is 16.1. The van der Waals surface area contributed by atoms with Crippen molar-refractivity contribution in [3.05, 3.63) is 93.2 Å². The van der Waals surface area contributed by atoms with Gasteiger partial charge in [-0.25, -0.2) is 4.98 Å². The first-order valence-corrected chi connectivity index (χ1v) is 11.5. The highest BCUT2D eigenvalue weighted by atomic mass is 16.5. The molecule has 1 aliphatic heterocycles. The molecule has 2 unspecified atom stereocenters. The lowest BCUT2D eigenvalue weighted by Crippen LogP contribution is -2.30. The highest BCUT2D eigenvalue weighted by Gasteiger charge is 2.16. The Bertz CT molecular complexity index is 1190. The molecule has 0 spiro atoms. The Labute approximate surface area is 198 Å². The second kappa shape index (κ2) is 11.6. The maximum atomic E-state index is 11.6. The van der Waals surface area contributed by atoms with Gasteiger partial charge in [0.25, 0.3) is 5.56 Å². The molecule has 0 saturated carbocycles. The van der Waals surface area contributed by atoms with Crippen LogP contribution in [0.5, 0.6) is 5.75 Å². The standard InChI is InChI=1S/C27H29N3O4/c31-16-23(15-25-26(32)27(33)30-18-29-25)22-9-7-20(8-10-22)2-1-19-3-5-21(6-4-19)11-13-28-24-12-14-34-17-24/h3-10,18,23-24,28,31-32H,11-17H2,(H,29,30,33). The topological polar surface area (TPSA) is 107 Å². The van der Waals surface area contributed by atoms with Crippen LogP contribution in [0.2, 0.25) is 0 Å². The van der Waals surface area contributed by atoms with Gasteiger partial charge in [0.2, 0.25) is 5.75 Å². The molecule has 7 heteroatoms. The van der Waals surface area contributed by atoms with Crippen LogP contribution in [-0.2, 0) is 17.6 Å². The third kappa shape index (κ3) is 6.33. The summed E-state index contributed by atoms with van der Waals surface area (Å²) in [5.74, 6) is 5.67. The van der Waals surface area contributed by atoms with Gasteiger partial charge in [-0.1, -0.05) is 36.1 Å². The molecule has 176 valence electrons. The molecule has 2 atom stereocenters. The van der Waals surface area contributed by atoms with Crippen molar-refractivity contribution in [1.82, 2.24) is 15.3 Å². The number of rotatable bonds is 8. The Morgan fingerprint density at radius 1 is 1.12 bits per heavy atom. The van der Waals surface area contributed by atoms with E-state index in [9.17, 15) is 15.0 Å². The molecule has 0 aliphatic carbocycles. The van der Waals surface area contributed by atoms with Crippen LogP contribution in [0, 0.1) is 11.8 Å². The van der Waals surface area contributed by atoms with Crippen LogP contribution >= 0.6 is 0 Å². The Morgan fingerprint density at radius 3 is 2.47 bits per heavy atom. The molecule has 4 N–H and O–H groups in total. The smallest absolute Gasteiger partial charge is 0.293 e. The summed E-state index contributed by atoms with van der Waals surface area (Å²) in [7, 11) is 0. The zero-order chi connectivity index (χ0) is 23.8. The quantitative estimate of drug-likeness (QED) is 0.385. The molecule has 1 saturated heterocycles. The van der Waals surface area contributed by atoms with Crippen molar-refractivity contribution in [2.45, 2.75) is 31.2 Å². The Morgan fingerprint density at radius 2 is 1.82 bits per heavy atom. The van der Waals surface area contributed by atoms with Crippen LogP contribution in [0.4, 0.5) is 0 Å². The predicted molar refractivity (Wildman–Crippen MR) is 130 cm³/mol. The van der Waals surface area contributed by atoms with Crippen molar-refractivity contribution in [1.29, 1.82) is 0 Å². The van der Waals surface area contributed by atoms with E-state index >= 15 is 0 Å². The Hall–Kier alpha value is -3.44. The number of aromatic amines is 1. The van der Waals surface area contributed by atoms with Crippen LogP contribution in [0.1, 0.15) is 40.3 Å². The van der Waals surface area contributed by atoms with E-state index in [0.29, 0.717) is 6.04 Å². The summed E-state index contributed by atoms with van der Waals surface area (Å²) in [5, 5.41) is 23.2. The number of aromatic hydroxyl groups is 1. The number of nitrogens with zero attached hydrogens (tertiary/aromatic N) is 1. The molecule has 34 heavy (non-hydrogen) atoms. The SMILES string of the molecule is O=c1[nH]cnc(CC(CO)c2ccc(C#Cc3ccc(CCNC4CCOC4)cc3)cc2)c1O. The van der Waals surface area contributed by atoms with Gasteiger partial charge in [-0.05, 0) is 54.8 Å². The van der Waals surface area contributed by atoms with E-state index in [0.717, 1.165) is 49.3 Å². The van der Waals surface area contributed by atoms with Gasteiger partial charge in [0.15, 0.2) is 0 Å². The van der Waals surface area contributed by atoms with Crippen molar-refractivity contribution in [3.8, 4) is 17.6 Å². The average molecular weight is 460 g/mol. The molecular formula is C27H29N3O4. The second-order valence-electron chi connectivity index (χ2n) is 8.44. The number of H-pyrrole nitrogens is 1. The number of hydrogen-bond acceptors (Lipinski definition) is 6. The fraction of sp³-hybridized carbons (Fsp3) is 0.333. The molecule has 1 fully saturated rings. The molecule has 2 heterocycles. The summed E-state index contributed by atoms with van der Waals surface area (Å²) in [6.07, 6.45) is 3.57. The van der Waals surface area contributed by atoms with Gasteiger partial charge in [-0.2, -0.15) is 0 Å². The van der Waals surface area contributed by atoms with Gasteiger partial charge in [0.05, 0.1) is 25.2 Å². The molecule has 0 radical (unpaired) electrons. The van der Waals surface area contributed by atoms with Gasteiger partial charge in [0, 0.05) is 36.1 Å². The monoisotopic (exact) mass is 459 g/mol. The van der Waals surface area contributed by atoms with Crippen LogP contribution < -0.4 is 10.9 Å². The number of benzene rings is 2. The number of ether oxygens (including phenoxy) is 1. The Kier molecular flexibility index (Phi) is 8.10. The van der Waals surface area contributed by atoms with E-state index < -0.39 is 11.3 Å². The maximum absolute atomic E-state index is 11.6. The largest absolute Gasteiger partial charge is 0.502 e. The minimum absolute atomic E-state index is 0.130. The van der Waals surface area contributed by atoms with Crippen LogP contribution in [0.15, 0.2) is 59.7 Å². The summed E-state index contributed by atoms with van der Waals surface area (Å²) in [5.41, 5.74) is 3.65. The first-order valence-electron chi connectivity index (χ1n) is 11.5. The first kappa shape index (κ1) is 23.7. The van der Waals surface area contributed by atoms with Gasteiger partial charge >= 0.3 is 0 Å². The molecule has 0 bridgehead atoms. The minimum atomic E-state index is -0.587.